The molecule has 2 aromatic rings. The van der Waals surface area contributed by atoms with Gasteiger partial charge < -0.3 is 4.98 Å². The van der Waals surface area contributed by atoms with Crippen LogP contribution in [-0.4, -0.2) is 9.97 Å². The minimum absolute atomic E-state index is 0.173. The van der Waals surface area contributed by atoms with Crippen LogP contribution in [0, 0.1) is 6.20 Å². The molecule has 0 aliphatic rings. The lowest BCUT2D eigenvalue weighted by Gasteiger charge is -2.04. The van der Waals surface area contributed by atoms with Crippen molar-refractivity contribution in [1.29, 1.82) is 0 Å². The molecule has 1 N–H and O–H groups in total. The summed E-state index contributed by atoms with van der Waals surface area (Å²) in [5.74, 6) is 0. The number of rotatable bonds is 0. The molecule has 1 radical (unpaired) electrons. The first-order chi connectivity index (χ1) is 6.48. The van der Waals surface area contributed by atoms with Crippen LogP contribution >= 0.6 is 15.9 Å². The van der Waals surface area contributed by atoms with Crippen molar-refractivity contribution in [3.8, 4) is 0 Å². The van der Waals surface area contributed by atoms with E-state index in [1.807, 2.05) is 0 Å². The van der Waals surface area contributed by atoms with Crippen molar-refractivity contribution in [1.82, 2.24) is 9.97 Å². The fraction of sp³-hybridized carbons (Fsp3) is 0.125. The number of fused-ring (bicyclic) bond motifs is 1. The maximum Gasteiger partial charge on any atom is 0.433 e. The molecule has 2 nitrogen and oxygen atoms in total. The number of halogens is 4. The quantitative estimate of drug-likeness (QED) is 0.777. The van der Waals surface area contributed by atoms with Gasteiger partial charge in [-0.1, -0.05) is 0 Å². The van der Waals surface area contributed by atoms with Gasteiger partial charge >= 0.3 is 6.18 Å². The Kier molecular flexibility index (Phi) is 2.02. The number of nitrogens with one attached hydrogen (secondary N) is 1. The summed E-state index contributed by atoms with van der Waals surface area (Å²) in [6, 6.07) is 2.29. The number of aromatic nitrogens is 2. The molecular weight excluding hydrogens is 261 g/mol. The summed E-state index contributed by atoms with van der Waals surface area (Å²) in [4.78, 5) is 5.94. The third-order valence-corrected chi connectivity index (χ3v) is 2.34. The van der Waals surface area contributed by atoms with Crippen molar-refractivity contribution in [3.63, 3.8) is 0 Å². The molecule has 0 bridgehead atoms. The maximum absolute atomic E-state index is 12.2. The molecule has 73 valence electrons. The zero-order chi connectivity index (χ0) is 10.3. The second-order valence-electron chi connectivity index (χ2n) is 2.65. The van der Waals surface area contributed by atoms with E-state index >= 15 is 0 Å². The lowest BCUT2D eigenvalue weighted by Crippen LogP contribution is -2.07. The molecule has 0 saturated heterocycles. The Balaban J connectivity index is 2.63. The van der Waals surface area contributed by atoms with Crippen LogP contribution < -0.4 is 0 Å². The summed E-state index contributed by atoms with van der Waals surface area (Å²) in [6.45, 7) is 0. The van der Waals surface area contributed by atoms with Gasteiger partial charge in [0.05, 0.1) is 10.7 Å². The lowest BCUT2D eigenvalue weighted by molar-refractivity contribution is -0.141. The van der Waals surface area contributed by atoms with Crippen LogP contribution in [-0.2, 0) is 6.18 Å². The Morgan fingerprint density at radius 3 is 2.71 bits per heavy atom. The SMILES string of the molecule is FC(F)(F)c1ccc2c(Br)[c][nH]c2n1. The molecule has 2 rings (SSSR count). The largest absolute Gasteiger partial charge is 0.433 e. The Labute approximate surface area is 85.3 Å². The molecule has 0 amide bonds. The topological polar surface area (TPSA) is 28.7 Å². The first kappa shape index (κ1) is 9.51. The molecule has 14 heavy (non-hydrogen) atoms. The van der Waals surface area contributed by atoms with Crippen LogP contribution in [0.1, 0.15) is 5.69 Å². The van der Waals surface area contributed by atoms with Gasteiger partial charge in [0.25, 0.3) is 0 Å². The number of alkyl halides is 3. The predicted octanol–water partition coefficient (Wildman–Crippen LogP) is 3.14. The van der Waals surface area contributed by atoms with Gasteiger partial charge in [0.1, 0.15) is 11.3 Å². The van der Waals surface area contributed by atoms with Gasteiger partial charge in [-0.15, -0.1) is 0 Å². The number of nitrogens with zero attached hydrogens (tertiary/aromatic N) is 1. The van der Waals surface area contributed by atoms with Crippen molar-refractivity contribution in [2.75, 3.05) is 0 Å². The highest BCUT2D eigenvalue weighted by Gasteiger charge is 2.32. The Hall–Kier alpha value is -1.04. The van der Waals surface area contributed by atoms with E-state index in [-0.39, 0.29) is 5.65 Å². The predicted molar refractivity (Wildman–Crippen MR) is 47.6 cm³/mol. The third kappa shape index (κ3) is 1.50. The molecule has 2 heterocycles. The summed E-state index contributed by atoms with van der Waals surface area (Å²) in [5, 5.41) is 0.581. The Morgan fingerprint density at radius 1 is 1.36 bits per heavy atom. The summed E-state index contributed by atoms with van der Waals surface area (Å²) >= 11 is 3.13. The van der Waals surface area contributed by atoms with Gasteiger partial charge in [-0.2, -0.15) is 13.2 Å². The van der Waals surface area contributed by atoms with Crippen LogP contribution in [0.25, 0.3) is 11.0 Å². The average Bonchev–Trinajstić information content (AvgIpc) is 2.46. The summed E-state index contributed by atoms with van der Waals surface area (Å²) in [6.07, 6.45) is -1.79. The smallest absolute Gasteiger partial charge is 0.337 e. The molecule has 0 spiro atoms. The van der Waals surface area contributed by atoms with E-state index in [1.165, 1.54) is 6.07 Å². The molecule has 0 unspecified atom stereocenters. The fourth-order valence-corrected chi connectivity index (χ4v) is 1.49. The number of hydrogen-bond donors (Lipinski definition) is 1. The minimum Gasteiger partial charge on any atom is -0.337 e. The Morgan fingerprint density at radius 2 is 2.07 bits per heavy atom. The van der Waals surface area contributed by atoms with Gasteiger partial charge in [-0.05, 0) is 28.1 Å². The number of aromatic amines is 1. The normalized spacial score (nSPS) is 12.3. The second kappa shape index (κ2) is 2.98. The first-order valence-electron chi connectivity index (χ1n) is 3.61. The van der Waals surface area contributed by atoms with Gasteiger partial charge in [0.2, 0.25) is 0 Å². The lowest BCUT2D eigenvalue weighted by atomic mass is 10.3. The molecule has 6 heteroatoms. The van der Waals surface area contributed by atoms with E-state index in [0.29, 0.717) is 9.86 Å². The molecular formula is C8H3BrF3N2. The molecule has 0 aliphatic carbocycles. The fourth-order valence-electron chi connectivity index (χ4n) is 1.07. The summed E-state index contributed by atoms with van der Waals surface area (Å²) in [7, 11) is 0. The maximum atomic E-state index is 12.2. The zero-order valence-electron chi connectivity index (χ0n) is 6.61. The van der Waals surface area contributed by atoms with Gasteiger partial charge in [0.15, 0.2) is 0 Å². The highest BCUT2D eigenvalue weighted by molar-refractivity contribution is 9.10. The van der Waals surface area contributed by atoms with Gasteiger partial charge in [-0.3, -0.25) is 0 Å². The second-order valence-corrected chi connectivity index (χ2v) is 3.45. The highest BCUT2D eigenvalue weighted by atomic mass is 79.9. The highest BCUT2D eigenvalue weighted by Crippen LogP contribution is 2.30. The van der Waals surface area contributed by atoms with Gasteiger partial charge in [0, 0.05) is 5.39 Å². The van der Waals surface area contributed by atoms with Crippen LogP contribution in [0.5, 0.6) is 0 Å². The van der Waals surface area contributed by atoms with E-state index < -0.39 is 11.9 Å². The van der Waals surface area contributed by atoms with Crippen molar-refractivity contribution in [2.24, 2.45) is 0 Å². The van der Waals surface area contributed by atoms with Crippen LogP contribution in [0.3, 0.4) is 0 Å². The third-order valence-electron chi connectivity index (χ3n) is 1.71. The van der Waals surface area contributed by atoms with Crippen molar-refractivity contribution in [3.05, 3.63) is 28.5 Å². The molecule has 0 aromatic carbocycles. The molecule has 0 aliphatic heterocycles. The Bertz CT molecular complexity index is 475. The van der Waals surface area contributed by atoms with E-state index in [0.717, 1.165) is 6.07 Å². The van der Waals surface area contributed by atoms with E-state index in [2.05, 4.69) is 32.1 Å². The van der Waals surface area contributed by atoms with E-state index in [1.54, 1.807) is 0 Å². The van der Waals surface area contributed by atoms with Crippen molar-refractivity contribution < 1.29 is 13.2 Å². The monoisotopic (exact) mass is 263 g/mol. The molecule has 0 fully saturated rings. The zero-order valence-corrected chi connectivity index (χ0v) is 8.20. The number of pyridine rings is 1. The van der Waals surface area contributed by atoms with Crippen molar-refractivity contribution in [2.45, 2.75) is 6.18 Å². The summed E-state index contributed by atoms with van der Waals surface area (Å²) in [5.41, 5.74) is -0.737. The van der Waals surface area contributed by atoms with E-state index in [9.17, 15) is 13.2 Å². The van der Waals surface area contributed by atoms with Crippen molar-refractivity contribution >= 4 is 27.0 Å². The molecule has 2 aromatic heterocycles. The molecule has 0 atom stereocenters. The summed E-state index contributed by atoms with van der Waals surface area (Å²) < 4.78 is 37.3. The average molecular weight is 264 g/mol. The number of H-pyrrole nitrogens is 1. The van der Waals surface area contributed by atoms with Crippen LogP contribution in [0.2, 0.25) is 0 Å². The van der Waals surface area contributed by atoms with Crippen LogP contribution in [0.4, 0.5) is 13.2 Å². The first-order valence-corrected chi connectivity index (χ1v) is 4.41. The van der Waals surface area contributed by atoms with E-state index in [4.69, 9.17) is 0 Å². The number of hydrogen-bond acceptors (Lipinski definition) is 1. The van der Waals surface area contributed by atoms with Gasteiger partial charge in [-0.25, -0.2) is 4.98 Å². The van der Waals surface area contributed by atoms with Crippen LogP contribution in [0.15, 0.2) is 16.6 Å². The minimum atomic E-state index is -4.41. The standard InChI is InChI=1S/C8H3BrF3N2/c9-5-3-13-7-4(5)1-2-6(14-7)8(10,11)12/h1-2H,(H,13,14). The molecule has 0 saturated carbocycles.